The van der Waals surface area contributed by atoms with Crippen molar-refractivity contribution in [3.05, 3.63) is 75.9 Å². The number of rotatable bonds is 6. The molecule has 0 bridgehead atoms. The highest BCUT2D eigenvalue weighted by Crippen LogP contribution is 2.38. The van der Waals surface area contributed by atoms with Crippen LogP contribution in [0, 0.1) is 17.8 Å². The number of carbonyl (C=O) groups is 2. The van der Waals surface area contributed by atoms with E-state index in [-0.39, 0.29) is 42.1 Å². The number of carboxylic acid groups (broad SMARTS) is 1. The minimum Gasteiger partial charge on any atom is -0.493 e. The third-order valence-electron chi connectivity index (χ3n) is 7.34. The minimum absolute atomic E-state index is 0.0310. The molecule has 4 nitrogen and oxygen atoms in total. The SMILES string of the molecule is CC1C=C(C(=O)O)CCC1COc1ccc2c(c1)CCC(Cc1cc(C(F)(F)F)cc(C(F)(F)F)c1)C2=O. The number of carbonyl (C=O) groups excluding carboxylic acids is 1. The molecule has 0 aliphatic heterocycles. The number of halogens is 6. The molecule has 3 unspecified atom stereocenters. The van der Waals surface area contributed by atoms with Gasteiger partial charge in [0, 0.05) is 17.1 Å². The summed E-state index contributed by atoms with van der Waals surface area (Å²) in [5.41, 5.74) is -1.47. The maximum Gasteiger partial charge on any atom is 0.416 e. The van der Waals surface area contributed by atoms with Crippen LogP contribution in [-0.4, -0.2) is 23.5 Å². The quantitative estimate of drug-likeness (QED) is 0.396. The molecule has 204 valence electrons. The van der Waals surface area contributed by atoms with Crippen molar-refractivity contribution in [3.63, 3.8) is 0 Å². The van der Waals surface area contributed by atoms with E-state index in [9.17, 15) is 35.9 Å². The first-order chi connectivity index (χ1) is 17.7. The number of benzene rings is 2. The van der Waals surface area contributed by atoms with Gasteiger partial charge in [0.05, 0.1) is 17.7 Å². The number of allylic oxidation sites excluding steroid dienone is 1. The first-order valence-electron chi connectivity index (χ1n) is 12.2. The molecular weight excluding hydrogens is 514 g/mol. The molecule has 10 heteroatoms. The van der Waals surface area contributed by atoms with E-state index in [1.54, 1.807) is 24.3 Å². The fraction of sp³-hybridized carbons (Fsp3) is 0.429. The molecule has 38 heavy (non-hydrogen) atoms. The summed E-state index contributed by atoms with van der Waals surface area (Å²) in [6.07, 6.45) is -6.52. The van der Waals surface area contributed by atoms with Crippen molar-refractivity contribution in [2.75, 3.05) is 6.61 Å². The van der Waals surface area contributed by atoms with Gasteiger partial charge in [0.25, 0.3) is 0 Å². The third kappa shape index (κ3) is 6.22. The van der Waals surface area contributed by atoms with E-state index in [0.29, 0.717) is 60.5 Å². The number of ketones is 1. The Morgan fingerprint density at radius 2 is 1.63 bits per heavy atom. The van der Waals surface area contributed by atoms with E-state index in [2.05, 4.69) is 0 Å². The standard InChI is InChI=1S/C28H26F6O4/c1-15-8-19(26(36)37)4-5-20(15)14-38-23-6-7-24-17(12-23)2-3-18(25(24)35)9-16-10-21(27(29,30)31)13-22(11-16)28(32,33)34/h6-8,10-13,15,18,20H,2-5,9,14H2,1H3,(H,36,37). The molecule has 0 amide bonds. The summed E-state index contributed by atoms with van der Waals surface area (Å²) in [4.78, 5) is 24.3. The Balaban J connectivity index is 1.45. The molecule has 0 fully saturated rings. The lowest BCUT2D eigenvalue weighted by Gasteiger charge is -2.27. The fourth-order valence-corrected chi connectivity index (χ4v) is 5.16. The van der Waals surface area contributed by atoms with Crippen LogP contribution in [0.15, 0.2) is 48.0 Å². The summed E-state index contributed by atoms with van der Waals surface area (Å²) in [5, 5.41) is 9.16. The second-order valence-electron chi connectivity index (χ2n) is 10.0. The first kappa shape index (κ1) is 27.7. The summed E-state index contributed by atoms with van der Waals surface area (Å²) in [6, 6.07) is 6.38. The lowest BCUT2D eigenvalue weighted by Crippen LogP contribution is -2.25. The minimum atomic E-state index is -4.94. The highest BCUT2D eigenvalue weighted by molar-refractivity contribution is 6.00. The zero-order chi connectivity index (χ0) is 27.8. The number of carboxylic acids is 1. The Labute approximate surface area is 215 Å². The summed E-state index contributed by atoms with van der Waals surface area (Å²) in [5.74, 6) is -1.27. The average molecular weight is 541 g/mol. The zero-order valence-corrected chi connectivity index (χ0v) is 20.5. The van der Waals surface area contributed by atoms with Gasteiger partial charge >= 0.3 is 18.3 Å². The molecule has 2 aliphatic carbocycles. The molecular formula is C28H26F6O4. The number of ether oxygens (including phenoxy) is 1. The Bertz CT molecular complexity index is 1230. The monoisotopic (exact) mass is 540 g/mol. The van der Waals surface area contributed by atoms with E-state index >= 15 is 0 Å². The maximum absolute atomic E-state index is 13.2. The van der Waals surface area contributed by atoms with Gasteiger partial charge in [0.2, 0.25) is 0 Å². The van der Waals surface area contributed by atoms with Gasteiger partial charge in [0.15, 0.2) is 5.78 Å². The van der Waals surface area contributed by atoms with E-state index in [1.165, 1.54) is 0 Å². The molecule has 0 aromatic heterocycles. The van der Waals surface area contributed by atoms with Crippen LogP contribution < -0.4 is 4.74 Å². The van der Waals surface area contributed by atoms with Gasteiger partial charge in [-0.15, -0.1) is 0 Å². The Morgan fingerprint density at radius 1 is 0.974 bits per heavy atom. The van der Waals surface area contributed by atoms with Crippen molar-refractivity contribution in [1.82, 2.24) is 0 Å². The Morgan fingerprint density at radius 3 is 2.21 bits per heavy atom. The maximum atomic E-state index is 13.2. The highest BCUT2D eigenvalue weighted by atomic mass is 19.4. The van der Waals surface area contributed by atoms with E-state index in [1.807, 2.05) is 6.92 Å². The van der Waals surface area contributed by atoms with E-state index in [0.717, 1.165) is 0 Å². The highest BCUT2D eigenvalue weighted by Gasteiger charge is 2.37. The predicted molar refractivity (Wildman–Crippen MR) is 126 cm³/mol. The smallest absolute Gasteiger partial charge is 0.416 e. The fourth-order valence-electron chi connectivity index (χ4n) is 5.16. The molecule has 2 aromatic carbocycles. The molecule has 1 N–H and O–H groups in total. The lowest BCUT2D eigenvalue weighted by atomic mass is 9.79. The van der Waals surface area contributed by atoms with Crippen molar-refractivity contribution in [2.45, 2.75) is 51.4 Å². The van der Waals surface area contributed by atoms with Gasteiger partial charge in [0.1, 0.15) is 5.75 Å². The summed E-state index contributed by atoms with van der Waals surface area (Å²) in [7, 11) is 0. The number of hydrogen-bond donors (Lipinski definition) is 1. The van der Waals surface area contributed by atoms with Crippen molar-refractivity contribution >= 4 is 11.8 Å². The van der Waals surface area contributed by atoms with Crippen LogP contribution >= 0.6 is 0 Å². The number of hydrogen-bond acceptors (Lipinski definition) is 3. The van der Waals surface area contributed by atoms with Crippen LogP contribution in [0.4, 0.5) is 26.3 Å². The van der Waals surface area contributed by atoms with E-state index < -0.39 is 35.4 Å². The van der Waals surface area contributed by atoms with Gasteiger partial charge in [-0.1, -0.05) is 13.0 Å². The van der Waals surface area contributed by atoms with Crippen molar-refractivity contribution in [2.24, 2.45) is 17.8 Å². The lowest BCUT2D eigenvalue weighted by molar-refractivity contribution is -0.143. The Kier molecular flexibility index (Phi) is 7.63. The molecule has 3 atom stereocenters. The normalized spacial score (nSPS) is 22.0. The third-order valence-corrected chi connectivity index (χ3v) is 7.34. The average Bonchev–Trinajstić information content (AvgIpc) is 2.83. The summed E-state index contributed by atoms with van der Waals surface area (Å²) in [6.45, 7) is 2.31. The number of aliphatic carboxylic acids is 1. The predicted octanol–water partition coefficient (Wildman–Crippen LogP) is 7.15. The summed E-state index contributed by atoms with van der Waals surface area (Å²) < 4.78 is 85.2. The molecule has 0 saturated carbocycles. The molecule has 2 aromatic rings. The zero-order valence-electron chi connectivity index (χ0n) is 20.5. The summed E-state index contributed by atoms with van der Waals surface area (Å²) >= 11 is 0. The number of Topliss-reactive ketones (excluding diaryl/α,β-unsaturated/α-hetero) is 1. The largest absolute Gasteiger partial charge is 0.493 e. The number of aryl methyl sites for hydroxylation is 1. The molecule has 0 radical (unpaired) electrons. The van der Waals surface area contributed by atoms with Gasteiger partial charge in [-0.3, -0.25) is 4.79 Å². The van der Waals surface area contributed by atoms with Gasteiger partial charge in [-0.2, -0.15) is 26.3 Å². The van der Waals surface area contributed by atoms with Gasteiger partial charge < -0.3 is 9.84 Å². The van der Waals surface area contributed by atoms with E-state index in [4.69, 9.17) is 9.84 Å². The van der Waals surface area contributed by atoms with Crippen molar-refractivity contribution < 1.29 is 45.8 Å². The van der Waals surface area contributed by atoms with Crippen LogP contribution in [0.5, 0.6) is 5.75 Å². The molecule has 0 spiro atoms. The van der Waals surface area contributed by atoms with Crippen LogP contribution in [0.1, 0.15) is 58.8 Å². The first-order valence-corrected chi connectivity index (χ1v) is 12.2. The molecule has 2 aliphatic rings. The second kappa shape index (κ2) is 10.5. The van der Waals surface area contributed by atoms with Gasteiger partial charge in [-0.25, -0.2) is 4.79 Å². The second-order valence-corrected chi connectivity index (χ2v) is 10.0. The van der Waals surface area contributed by atoms with Crippen LogP contribution in [0.3, 0.4) is 0 Å². The number of fused-ring (bicyclic) bond motifs is 1. The Hall–Kier alpha value is -3.30. The van der Waals surface area contributed by atoms with Crippen LogP contribution in [-0.2, 0) is 30.0 Å². The topological polar surface area (TPSA) is 63.6 Å². The van der Waals surface area contributed by atoms with Crippen LogP contribution in [0.2, 0.25) is 0 Å². The van der Waals surface area contributed by atoms with Crippen molar-refractivity contribution in [1.29, 1.82) is 0 Å². The van der Waals surface area contributed by atoms with Crippen molar-refractivity contribution in [3.8, 4) is 5.75 Å². The molecule has 0 heterocycles. The number of alkyl halides is 6. The van der Waals surface area contributed by atoms with Gasteiger partial charge in [-0.05, 0) is 91.5 Å². The molecule has 0 saturated heterocycles. The van der Waals surface area contributed by atoms with Crippen LogP contribution in [0.25, 0.3) is 0 Å². The molecule has 4 rings (SSSR count).